The first kappa shape index (κ1) is 22.2. The molecule has 2 amide bonds. The highest BCUT2D eigenvalue weighted by atomic mass is 16.4. The number of carbonyl (C=O) groups excluding carboxylic acids is 1. The zero-order valence-corrected chi connectivity index (χ0v) is 17.3. The van der Waals surface area contributed by atoms with Crippen LogP contribution in [0.5, 0.6) is 0 Å². The number of nitrogens with one attached hydrogen (secondary N) is 1. The molecule has 6 nitrogen and oxygen atoms in total. The SMILES string of the molecule is CCN(CC)CC1CCN(C(=O)NC(CCC(=O)O)Cc2ccccc2)CC1. The number of carbonyl (C=O) groups is 2. The second-order valence-corrected chi connectivity index (χ2v) is 7.68. The molecular formula is C22H35N3O3. The van der Waals surface area contributed by atoms with E-state index in [-0.39, 0.29) is 18.5 Å². The fourth-order valence-electron chi connectivity index (χ4n) is 3.85. The van der Waals surface area contributed by atoms with Crippen molar-refractivity contribution in [2.24, 2.45) is 5.92 Å². The van der Waals surface area contributed by atoms with Crippen molar-refractivity contribution in [2.45, 2.75) is 52.0 Å². The molecule has 2 N–H and O–H groups in total. The van der Waals surface area contributed by atoms with Crippen molar-refractivity contribution in [3.05, 3.63) is 35.9 Å². The number of nitrogens with zero attached hydrogens (tertiary/aromatic N) is 2. The van der Waals surface area contributed by atoms with Crippen molar-refractivity contribution in [1.29, 1.82) is 0 Å². The number of likely N-dealkylation sites (tertiary alicyclic amines) is 1. The van der Waals surface area contributed by atoms with Crippen LogP contribution in [0.1, 0.15) is 45.1 Å². The van der Waals surface area contributed by atoms with Gasteiger partial charge in [0.05, 0.1) is 0 Å². The van der Waals surface area contributed by atoms with Crippen LogP contribution < -0.4 is 5.32 Å². The molecule has 6 heteroatoms. The van der Waals surface area contributed by atoms with Gasteiger partial charge in [-0.1, -0.05) is 44.2 Å². The number of piperidine rings is 1. The van der Waals surface area contributed by atoms with Gasteiger partial charge in [-0.3, -0.25) is 4.79 Å². The Morgan fingerprint density at radius 2 is 1.82 bits per heavy atom. The number of aliphatic carboxylic acids is 1. The Morgan fingerprint density at radius 3 is 2.39 bits per heavy atom. The molecule has 1 heterocycles. The molecule has 0 aliphatic carbocycles. The molecule has 1 unspecified atom stereocenters. The van der Waals surface area contributed by atoms with Crippen molar-refractivity contribution < 1.29 is 14.7 Å². The van der Waals surface area contributed by atoms with Crippen LogP contribution >= 0.6 is 0 Å². The lowest BCUT2D eigenvalue weighted by Crippen LogP contribution is -2.49. The first-order chi connectivity index (χ1) is 13.5. The molecule has 0 bridgehead atoms. The van der Waals surface area contributed by atoms with E-state index in [4.69, 9.17) is 5.11 Å². The molecule has 1 atom stereocenters. The van der Waals surface area contributed by atoms with E-state index in [1.54, 1.807) is 0 Å². The van der Waals surface area contributed by atoms with Gasteiger partial charge in [0.1, 0.15) is 0 Å². The minimum atomic E-state index is -0.829. The Bertz CT molecular complexity index is 596. The van der Waals surface area contributed by atoms with Crippen molar-refractivity contribution in [3.8, 4) is 0 Å². The Kier molecular flexibility index (Phi) is 9.28. The number of benzene rings is 1. The van der Waals surface area contributed by atoms with E-state index in [1.165, 1.54) is 0 Å². The third-order valence-electron chi connectivity index (χ3n) is 5.67. The lowest BCUT2D eigenvalue weighted by Gasteiger charge is -2.35. The van der Waals surface area contributed by atoms with Crippen LogP contribution in [0.15, 0.2) is 30.3 Å². The number of carboxylic acids is 1. The standard InChI is InChI=1S/C22H35N3O3/c1-3-24(4-2)17-19-12-14-25(15-13-19)22(28)23-20(10-11-21(26)27)16-18-8-6-5-7-9-18/h5-9,19-20H,3-4,10-17H2,1-2H3,(H,23,28)(H,26,27). The van der Waals surface area contributed by atoms with Crippen molar-refractivity contribution >= 4 is 12.0 Å². The van der Waals surface area contributed by atoms with Gasteiger partial charge in [-0.05, 0) is 50.3 Å². The zero-order chi connectivity index (χ0) is 20.4. The van der Waals surface area contributed by atoms with E-state index in [2.05, 4.69) is 24.1 Å². The van der Waals surface area contributed by atoms with E-state index >= 15 is 0 Å². The van der Waals surface area contributed by atoms with Gasteiger partial charge in [0.2, 0.25) is 0 Å². The number of urea groups is 1. The molecule has 0 spiro atoms. The number of rotatable bonds is 10. The lowest BCUT2D eigenvalue weighted by atomic mass is 9.96. The smallest absolute Gasteiger partial charge is 0.317 e. The second-order valence-electron chi connectivity index (χ2n) is 7.68. The van der Waals surface area contributed by atoms with Gasteiger partial charge in [0.15, 0.2) is 0 Å². The van der Waals surface area contributed by atoms with Crippen LogP contribution in [-0.4, -0.2) is 65.7 Å². The van der Waals surface area contributed by atoms with Gasteiger partial charge in [-0.15, -0.1) is 0 Å². The van der Waals surface area contributed by atoms with E-state index in [9.17, 15) is 9.59 Å². The van der Waals surface area contributed by atoms with E-state index in [0.29, 0.717) is 18.8 Å². The third-order valence-corrected chi connectivity index (χ3v) is 5.67. The highest BCUT2D eigenvalue weighted by Gasteiger charge is 2.25. The maximum Gasteiger partial charge on any atom is 0.317 e. The minimum Gasteiger partial charge on any atom is -0.481 e. The predicted molar refractivity (Wildman–Crippen MR) is 111 cm³/mol. The average molecular weight is 390 g/mol. The van der Waals surface area contributed by atoms with Gasteiger partial charge in [-0.2, -0.15) is 0 Å². The number of hydrogen-bond acceptors (Lipinski definition) is 3. The first-order valence-corrected chi connectivity index (χ1v) is 10.5. The predicted octanol–water partition coefficient (Wildman–Crippen LogP) is 3.23. The normalized spacial score (nSPS) is 16.2. The fraction of sp³-hybridized carbons (Fsp3) is 0.636. The molecule has 1 aliphatic rings. The largest absolute Gasteiger partial charge is 0.481 e. The molecule has 1 aromatic rings. The van der Waals surface area contributed by atoms with Crippen molar-refractivity contribution in [2.75, 3.05) is 32.7 Å². The molecule has 0 saturated carbocycles. The van der Waals surface area contributed by atoms with Gasteiger partial charge in [0, 0.05) is 32.1 Å². The van der Waals surface area contributed by atoms with Crippen molar-refractivity contribution in [1.82, 2.24) is 15.1 Å². The molecule has 1 fully saturated rings. The molecule has 28 heavy (non-hydrogen) atoms. The summed E-state index contributed by atoms with van der Waals surface area (Å²) in [4.78, 5) is 28.1. The molecule has 1 aromatic carbocycles. The van der Waals surface area contributed by atoms with Crippen LogP contribution in [-0.2, 0) is 11.2 Å². The summed E-state index contributed by atoms with van der Waals surface area (Å²) >= 11 is 0. The Hall–Kier alpha value is -2.08. The van der Waals surface area contributed by atoms with Crippen LogP contribution in [0.3, 0.4) is 0 Å². The molecule has 0 aromatic heterocycles. The summed E-state index contributed by atoms with van der Waals surface area (Å²) in [5.74, 6) is -0.180. The Labute approximate surface area is 168 Å². The zero-order valence-electron chi connectivity index (χ0n) is 17.3. The molecule has 2 rings (SSSR count). The van der Waals surface area contributed by atoms with E-state index < -0.39 is 5.97 Å². The quantitative estimate of drug-likeness (QED) is 0.644. The Balaban J connectivity index is 1.86. The maximum absolute atomic E-state index is 12.7. The van der Waals surface area contributed by atoms with E-state index in [0.717, 1.165) is 51.1 Å². The molecule has 0 radical (unpaired) electrons. The highest BCUT2D eigenvalue weighted by molar-refractivity contribution is 5.74. The summed E-state index contributed by atoms with van der Waals surface area (Å²) in [6.07, 6.45) is 3.21. The van der Waals surface area contributed by atoms with Gasteiger partial charge < -0.3 is 20.2 Å². The topological polar surface area (TPSA) is 72.9 Å². The summed E-state index contributed by atoms with van der Waals surface area (Å²) in [5, 5.41) is 12.1. The molecule has 156 valence electrons. The van der Waals surface area contributed by atoms with Crippen LogP contribution in [0.4, 0.5) is 4.79 Å². The van der Waals surface area contributed by atoms with E-state index in [1.807, 2.05) is 35.2 Å². The van der Waals surface area contributed by atoms with Crippen molar-refractivity contribution in [3.63, 3.8) is 0 Å². The van der Waals surface area contributed by atoms with Gasteiger partial charge in [-0.25, -0.2) is 4.79 Å². The Morgan fingerprint density at radius 1 is 1.18 bits per heavy atom. The number of amides is 2. The summed E-state index contributed by atoms with van der Waals surface area (Å²) in [6.45, 7) is 9.18. The maximum atomic E-state index is 12.7. The average Bonchev–Trinajstić information content (AvgIpc) is 2.71. The summed E-state index contributed by atoms with van der Waals surface area (Å²) in [6, 6.07) is 9.68. The summed E-state index contributed by atoms with van der Waals surface area (Å²) < 4.78 is 0. The molecule has 1 aliphatic heterocycles. The third kappa shape index (κ3) is 7.50. The monoisotopic (exact) mass is 389 g/mol. The van der Waals surface area contributed by atoms with Gasteiger partial charge in [0.25, 0.3) is 0 Å². The van der Waals surface area contributed by atoms with Crippen LogP contribution in [0.2, 0.25) is 0 Å². The van der Waals surface area contributed by atoms with Crippen LogP contribution in [0.25, 0.3) is 0 Å². The fourth-order valence-corrected chi connectivity index (χ4v) is 3.85. The lowest BCUT2D eigenvalue weighted by molar-refractivity contribution is -0.137. The highest BCUT2D eigenvalue weighted by Crippen LogP contribution is 2.19. The number of hydrogen-bond donors (Lipinski definition) is 2. The second kappa shape index (κ2) is 11.7. The summed E-state index contributed by atoms with van der Waals surface area (Å²) in [7, 11) is 0. The molecular weight excluding hydrogens is 354 g/mol. The molecule has 1 saturated heterocycles. The summed E-state index contributed by atoms with van der Waals surface area (Å²) in [5.41, 5.74) is 1.11. The number of carboxylic acid groups (broad SMARTS) is 1. The minimum absolute atomic E-state index is 0.0593. The van der Waals surface area contributed by atoms with Crippen LogP contribution in [0, 0.1) is 5.92 Å². The van der Waals surface area contributed by atoms with Gasteiger partial charge >= 0.3 is 12.0 Å². The first-order valence-electron chi connectivity index (χ1n) is 10.5.